The van der Waals surface area contributed by atoms with Gasteiger partial charge in [0.05, 0.1) is 10.6 Å². The van der Waals surface area contributed by atoms with Crippen molar-refractivity contribution in [1.29, 1.82) is 0 Å². The normalized spacial score (nSPS) is 10.7. The number of rotatable bonds is 2. The topological polar surface area (TPSA) is 69.6 Å². The third-order valence-corrected chi connectivity index (χ3v) is 3.13. The van der Waals surface area contributed by atoms with Crippen LogP contribution in [-0.2, 0) is 0 Å². The monoisotopic (exact) mass is 289 g/mol. The van der Waals surface area contributed by atoms with Gasteiger partial charge in [-0.3, -0.25) is 0 Å². The maximum Gasteiger partial charge on any atom is 0.190 e. The highest BCUT2D eigenvalue weighted by molar-refractivity contribution is 6.33. The molecule has 0 bridgehead atoms. The van der Waals surface area contributed by atoms with Crippen molar-refractivity contribution >= 4 is 17.3 Å². The molecule has 0 radical (unpaired) electrons. The average Bonchev–Trinajstić information content (AvgIpc) is 2.88. The van der Waals surface area contributed by atoms with E-state index in [1.54, 1.807) is 36.4 Å². The molecule has 100 valence electrons. The van der Waals surface area contributed by atoms with Gasteiger partial charge < -0.3 is 5.73 Å². The van der Waals surface area contributed by atoms with E-state index >= 15 is 0 Å². The summed E-state index contributed by atoms with van der Waals surface area (Å²) in [6, 6.07) is 11.3. The Morgan fingerprint density at radius 3 is 2.65 bits per heavy atom. The third kappa shape index (κ3) is 2.00. The zero-order valence-corrected chi connectivity index (χ0v) is 10.9. The molecule has 5 nitrogen and oxygen atoms in total. The molecular weight excluding hydrogens is 281 g/mol. The lowest BCUT2D eigenvalue weighted by Crippen LogP contribution is -2.04. The van der Waals surface area contributed by atoms with Crippen molar-refractivity contribution in [2.24, 2.45) is 0 Å². The molecule has 0 saturated heterocycles. The number of benzene rings is 2. The van der Waals surface area contributed by atoms with E-state index in [0.717, 1.165) is 0 Å². The smallest absolute Gasteiger partial charge is 0.190 e. The number of para-hydroxylation sites is 1. The molecule has 3 rings (SSSR count). The highest BCUT2D eigenvalue weighted by atomic mass is 35.5. The molecule has 2 aromatic carbocycles. The Balaban J connectivity index is 2.24. The lowest BCUT2D eigenvalue weighted by Gasteiger charge is -2.09. The van der Waals surface area contributed by atoms with E-state index in [1.807, 2.05) is 0 Å². The quantitative estimate of drug-likeness (QED) is 0.736. The van der Waals surface area contributed by atoms with Crippen LogP contribution < -0.4 is 5.73 Å². The highest BCUT2D eigenvalue weighted by Gasteiger charge is 2.18. The van der Waals surface area contributed by atoms with Gasteiger partial charge in [0.1, 0.15) is 11.5 Å². The zero-order valence-electron chi connectivity index (χ0n) is 10.2. The molecule has 20 heavy (non-hydrogen) atoms. The van der Waals surface area contributed by atoms with E-state index in [-0.39, 0.29) is 5.69 Å². The summed E-state index contributed by atoms with van der Waals surface area (Å²) in [5.74, 6) is -0.148. The van der Waals surface area contributed by atoms with Gasteiger partial charge in [0.15, 0.2) is 5.82 Å². The summed E-state index contributed by atoms with van der Waals surface area (Å²) in [7, 11) is 0. The summed E-state index contributed by atoms with van der Waals surface area (Å²) in [4.78, 5) is 0. The zero-order chi connectivity index (χ0) is 14.1. The number of tetrazole rings is 1. The number of anilines is 1. The summed E-state index contributed by atoms with van der Waals surface area (Å²) >= 11 is 6.14. The largest absolute Gasteiger partial charge is 0.398 e. The van der Waals surface area contributed by atoms with Crippen LogP contribution in [0.2, 0.25) is 5.02 Å². The maximum absolute atomic E-state index is 13.9. The molecule has 2 N–H and O–H groups in total. The predicted octanol–water partition coefficient (Wildman–Crippen LogP) is 2.70. The van der Waals surface area contributed by atoms with Crippen LogP contribution in [0.15, 0.2) is 42.5 Å². The van der Waals surface area contributed by atoms with Crippen LogP contribution >= 0.6 is 11.6 Å². The van der Waals surface area contributed by atoms with Gasteiger partial charge >= 0.3 is 0 Å². The van der Waals surface area contributed by atoms with Gasteiger partial charge in [-0.25, -0.2) is 4.39 Å². The lowest BCUT2D eigenvalue weighted by molar-refractivity contribution is 0.608. The van der Waals surface area contributed by atoms with Crippen LogP contribution in [-0.4, -0.2) is 20.2 Å². The second kappa shape index (κ2) is 4.90. The number of nitrogens with two attached hydrogens (primary N) is 1. The van der Waals surface area contributed by atoms with Gasteiger partial charge in [-0.1, -0.05) is 29.8 Å². The summed E-state index contributed by atoms with van der Waals surface area (Å²) < 4.78 is 15.1. The molecule has 0 atom stereocenters. The number of nitrogen functional groups attached to an aromatic ring is 1. The lowest BCUT2D eigenvalue weighted by atomic mass is 10.1. The summed E-state index contributed by atoms with van der Waals surface area (Å²) in [6.07, 6.45) is 0. The standard InChI is InChI=1S/C13H9ClFN5/c14-8-4-3-6-10(16)12(8)13-17-18-19-20(13)11-7-2-1-5-9(11)15/h1-7H,16H2. The second-order valence-electron chi connectivity index (χ2n) is 4.07. The summed E-state index contributed by atoms with van der Waals surface area (Å²) in [5.41, 5.74) is 7.03. The molecule has 0 aliphatic rings. The van der Waals surface area contributed by atoms with Gasteiger partial charge in [-0.2, -0.15) is 4.68 Å². The van der Waals surface area contributed by atoms with Gasteiger partial charge in [0.25, 0.3) is 0 Å². The van der Waals surface area contributed by atoms with Crippen molar-refractivity contribution in [2.75, 3.05) is 5.73 Å². The van der Waals surface area contributed by atoms with Crippen LogP contribution in [0, 0.1) is 5.82 Å². The molecule has 3 aromatic rings. The van der Waals surface area contributed by atoms with Crippen LogP contribution in [0.1, 0.15) is 0 Å². The number of halogens is 2. The molecule has 0 aliphatic heterocycles. The Hall–Kier alpha value is -2.47. The van der Waals surface area contributed by atoms with Crippen molar-refractivity contribution in [1.82, 2.24) is 20.2 Å². The molecule has 1 heterocycles. The molecule has 0 fully saturated rings. The summed E-state index contributed by atoms with van der Waals surface area (Å²) in [6.45, 7) is 0. The van der Waals surface area contributed by atoms with Gasteiger partial charge in [-0.15, -0.1) is 5.10 Å². The molecule has 0 aliphatic carbocycles. The van der Waals surface area contributed by atoms with Crippen molar-refractivity contribution < 1.29 is 4.39 Å². The van der Waals surface area contributed by atoms with Gasteiger partial charge in [-0.05, 0) is 34.7 Å². The first kappa shape index (κ1) is 12.6. The Kier molecular flexibility index (Phi) is 3.08. The Labute approximate surface area is 118 Å². The minimum absolute atomic E-state index is 0.229. The van der Waals surface area contributed by atoms with E-state index in [9.17, 15) is 4.39 Å². The third-order valence-electron chi connectivity index (χ3n) is 2.82. The first-order valence-electron chi connectivity index (χ1n) is 5.76. The molecule has 1 aromatic heterocycles. The highest BCUT2D eigenvalue weighted by Crippen LogP contribution is 2.32. The molecular formula is C13H9ClFN5. The fraction of sp³-hybridized carbons (Fsp3) is 0. The van der Waals surface area contributed by atoms with Crippen molar-refractivity contribution in [3.8, 4) is 17.1 Å². The Morgan fingerprint density at radius 1 is 1.10 bits per heavy atom. The van der Waals surface area contributed by atoms with Crippen LogP contribution in [0.25, 0.3) is 17.1 Å². The number of nitrogens with zero attached hydrogens (tertiary/aromatic N) is 4. The molecule has 0 saturated carbocycles. The average molecular weight is 290 g/mol. The number of aromatic nitrogens is 4. The SMILES string of the molecule is Nc1cccc(Cl)c1-c1nnnn1-c1ccccc1F. The first-order chi connectivity index (χ1) is 9.68. The molecule has 0 unspecified atom stereocenters. The second-order valence-corrected chi connectivity index (χ2v) is 4.48. The fourth-order valence-electron chi connectivity index (χ4n) is 1.91. The Bertz CT molecular complexity index is 751. The molecule has 0 spiro atoms. The fourth-order valence-corrected chi connectivity index (χ4v) is 2.17. The number of hydrogen-bond acceptors (Lipinski definition) is 4. The first-order valence-corrected chi connectivity index (χ1v) is 6.14. The molecule has 0 amide bonds. The minimum atomic E-state index is -0.438. The van der Waals surface area contributed by atoms with Gasteiger partial charge in [0.2, 0.25) is 0 Å². The predicted molar refractivity (Wildman–Crippen MR) is 74.0 cm³/mol. The minimum Gasteiger partial charge on any atom is -0.398 e. The van der Waals surface area contributed by atoms with Crippen LogP contribution in [0.4, 0.5) is 10.1 Å². The summed E-state index contributed by atoms with van der Waals surface area (Å²) in [5, 5.41) is 11.7. The van der Waals surface area contributed by atoms with Gasteiger partial charge in [0, 0.05) is 5.69 Å². The van der Waals surface area contributed by atoms with E-state index in [0.29, 0.717) is 22.1 Å². The van der Waals surface area contributed by atoms with E-state index < -0.39 is 5.82 Å². The molecule has 7 heteroatoms. The maximum atomic E-state index is 13.9. The van der Waals surface area contributed by atoms with Crippen molar-refractivity contribution in [2.45, 2.75) is 0 Å². The van der Waals surface area contributed by atoms with E-state index in [2.05, 4.69) is 15.5 Å². The van der Waals surface area contributed by atoms with E-state index in [1.165, 1.54) is 10.7 Å². The van der Waals surface area contributed by atoms with Crippen LogP contribution in [0.5, 0.6) is 0 Å². The van der Waals surface area contributed by atoms with Crippen molar-refractivity contribution in [3.05, 3.63) is 53.3 Å². The Morgan fingerprint density at radius 2 is 1.90 bits per heavy atom. The van der Waals surface area contributed by atoms with E-state index in [4.69, 9.17) is 17.3 Å². The van der Waals surface area contributed by atoms with Crippen LogP contribution in [0.3, 0.4) is 0 Å². The van der Waals surface area contributed by atoms with Crippen molar-refractivity contribution in [3.63, 3.8) is 0 Å². The number of hydrogen-bond donors (Lipinski definition) is 1.